The highest BCUT2D eigenvalue weighted by atomic mass is 15.4. The van der Waals surface area contributed by atoms with E-state index in [2.05, 4.69) is 92.1 Å². The molecule has 140 valence electrons. The molecule has 0 saturated carbocycles. The molecule has 0 amide bonds. The van der Waals surface area contributed by atoms with Crippen LogP contribution in [0.1, 0.15) is 51.4 Å². The Kier molecular flexibility index (Phi) is 3.88. The molecule has 0 aliphatic rings. The Morgan fingerprint density at radius 2 is 1.70 bits per heavy atom. The van der Waals surface area contributed by atoms with E-state index in [1.165, 1.54) is 11.1 Å². The summed E-state index contributed by atoms with van der Waals surface area (Å²) in [5, 5.41) is 9.03. The van der Waals surface area contributed by atoms with E-state index in [4.69, 9.17) is 4.98 Å². The van der Waals surface area contributed by atoms with Crippen LogP contribution >= 0.6 is 0 Å². The van der Waals surface area contributed by atoms with Crippen molar-refractivity contribution in [1.82, 2.24) is 24.4 Å². The van der Waals surface area contributed by atoms with E-state index in [1.807, 2.05) is 11.6 Å². The number of aryl methyl sites for hydroxylation is 1. The minimum absolute atomic E-state index is 0.0366. The predicted molar refractivity (Wildman–Crippen MR) is 109 cm³/mol. The molecule has 0 atom stereocenters. The Morgan fingerprint density at radius 3 is 2.44 bits per heavy atom. The number of hydrogen-bond acceptors (Lipinski definition) is 3. The molecular weight excluding hydrogens is 334 g/mol. The Bertz CT molecular complexity index is 1120. The van der Waals surface area contributed by atoms with E-state index in [-0.39, 0.29) is 10.8 Å². The van der Waals surface area contributed by atoms with Gasteiger partial charge >= 0.3 is 0 Å². The van der Waals surface area contributed by atoms with Gasteiger partial charge in [-0.3, -0.25) is 0 Å². The lowest BCUT2D eigenvalue weighted by molar-refractivity contribution is 0.410. The van der Waals surface area contributed by atoms with Gasteiger partial charge in [0, 0.05) is 23.4 Å². The second kappa shape index (κ2) is 5.91. The Hall–Kier alpha value is -2.69. The molecule has 1 aromatic carbocycles. The minimum Gasteiger partial charge on any atom is -0.307 e. The van der Waals surface area contributed by atoms with E-state index in [0.717, 1.165) is 28.9 Å². The zero-order chi connectivity index (χ0) is 19.4. The van der Waals surface area contributed by atoms with Gasteiger partial charge in [0.25, 0.3) is 0 Å². The highest BCUT2D eigenvalue weighted by Crippen LogP contribution is 2.32. The summed E-state index contributed by atoms with van der Waals surface area (Å²) in [4.78, 5) is 4.74. The molecular formula is C22H27N5. The molecule has 0 saturated heterocycles. The summed E-state index contributed by atoms with van der Waals surface area (Å²) in [7, 11) is 0. The van der Waals surface area contributed by atoms with Crippen molar-refractivity contribution in [2.75, 3.05) is 0 Å². The van der Waals surface area contributed by atoms with Gasteiger partial charge in [0.15, 0.2) is 0 Å². The summed E-state index contributed by atoms with van der Waals surface area (Å²) < 4.78 is 4.13. The Balaban J connectivity index is 1.79. The number of imidazole rings is 1. The fourth-order valence-corrected chi connectivity index (χ4v) is 3.84. The van der Waals surface area contributed by atoms with E-state index in [0.29, 0.717) is 0 Å². The first-order valence-electron chi connectivity index (χ1n) is 9.44. The average Bonchev–Trinajstić information content (AvgIpc) is 3.15. The highest BCUT2D eigenvalue weighted by molar-refractivity contribution is 5.79. The normalized spacial score (nSPS) is 13.0. The summed E-state index contributed by atoms with van der Waals surface area (Å²) in [6.07, 6.45) is 4.12. The van der Waals surface area contributed by atoms with Gasteiger partial charge in [-0.1, -0.05) is 58.0 Å². The van der Waals surface area contributed by atoms with Crippen LogP contribution in [-0.2, 0) is 17.4 Å². The van der Waals surface area contributed by atoms with Crippen LogP contribution in [0.25, 0.3) is 16.7 Å². The maximum absolute atomic E-state index is 4.74. The fourth-order valence-electron chi connectivity index (χ4n) is 3.84. The maximum Gasteiger partial charge on any atom is 0.140 e. The molecule has 0 bridgehead atoms. The summed E-state index contributed by atoms with van der Waals surface area (Å²) in [5.74, 6) is 0. The average molecular weight is 361 g/mol. The monoisotopic (exact) mass is 361 g/mol. The van der Waals surface area contributed by atoms with Crippen LogP contribution in [0.2, 0.25) is 0 Å². The lowest BCUT2D eigenvalue weighted by Gasteiger charge is -2.25. The zero-order valence-electron chi connectivity index (χ0n) is 17.0. The molecule has 27 heavy (non-hydrogen) atoms. The van der Waals surface area contributed by atoms with Crippen molar-refractivity contribution in [3.05, 3.63) is 59.5 Å². The van der Waals surface area contributed by atoms with Gasteiger partial charge in [-0.15, -0.1) is 5.10 Å². The predicted octanol–water partition coefficient (Wildman–Crippen LogP) is 4.66. The van der Waals surface area contributed by atoms with Crippen LogP contribution in [0.15, 0.2) is 42.7 Å². The number of aromatic nitrogens is 5. The number of benzene rings is 1. The number of rotatable bonds is 3. The van der Waals surface area contributed by atoms with Gasteiger partial charge in [-0.25, -0.2) is 9.67 Å². The largest absolute Gasteiger partial charge is 0.307 e. The number of pyridine rings is 1. The van der Waals surface area contributed by atoms with E-state index in [9.17, 15) is 0 Å². The molecule has 0 radical (unpaired) electrons. The third kappa shape index (κ3) is 3.01. The maximum atomic E-state index is 4.74. The van der Waals surface area contributed by atoms with Gasteiger partial charge < -0.3 is 4.40 Å². The van der Waals surface area contributed by atoms with Gasteiger partial charge in [0.2, 0.25) is 0 Å². The van der Waals surface area contributed by atoms with Crippen LogP contribution in [0, 0.1) is 6.92 Å². The van der Waals surface area contributed by atoms with E-state index >= 15 is 0 Å². The number of fused-ring (bicyclic) bond motifs is 2. The molecule has 0 spiro atoms. The molecule has 3 heterocycles. The minimum atomic E-state index is -0.140. The van der Waals surface area contributed by atoms with Gasteiger partial charge in [0.1, 0.15) is 11.2 Å². The Labute approximate surface area is 160 Å². The van der Waals surface area contributed by atoms with Crippen molar-refractivity contribution >= 4 is 16.7 Å². The third-order valence-electron chi connectivity index (χ3n) is 5.23. The SMILES string of the molecule is Cc1cn2cccc(C(C)(C)Cn3nnc4c(C(C)(C)C)cccc43)c2n1. The molecule has 4 rings (SSSR count). The lowest BCUT2D eigenvalue weighted by Crippen LogP contribution is -2.26. The van der Waals surface area contributed by atoms with Crippen molar-refractivity contribution < 1.29 is 0 Å². The third-order valence-corrected chi connectivity index (χ3v) is 5.23. The summed E-state index contributed by atoms with van der Waals surface area (Å²) >= 11 is 0. The summed E-state index contributed by atoms with van der Waals surface area (Å²) in [6, 6.07) is 10.6. The van der Waals surface area contributed by atoms with Crippen molar-refractivity contribution in [3.63, 3.8) is 0 Å². The van der Waals surface area contributed by atoms with Crippen LogP contribution < -0.4 is 0 Å². The van der Waals surface area contributed by atoms with Crippen molar-refractivity contribution in [2.45, 2.75) is 58.9 Å². The van der Waals surface area contributed by atoms with Crippen molar-refractivity contribution in [3.8, 4) is 0 Å². The lowest BCUT2D eigenvalue weighted by atomic mass is 9.84. The van der Waals surface area contributed by atoms with Crippen LogP contribution in [0.5, 0.6) is 0 Å². The molecule has 5 heteroatoms. The van der Waals surface area contributed by atoms with E-state index in [1.54, 1.807) is 0 Å². The van der Waals surface area contributed by atoms with Crippen LogP contribution in [0.3, 0.4) is 0 Å². The molecule has 0 fully saturated rings. The highest BCUT2D eigenvalue weighted by Gasteiger charge is 2.27. The first-order valence-corrected chi connectivity index (χ1v) is 9.44. The smallest absolute Gasteiger partial charge is 0.140 e. The zero-order valence-corrected chi connectivity index (χ0v) is 17.0. The second-order valence-corrected chi connectivity index (χ2v) is 9.09. The van der Waals surface area contributed by atoms with Gasteiger partial charge in [-0.2, -0.15) is 0 Å². The quantitative estimate of drug-likeness (QED) is 0.533. The van der Waals surface area contributed by atoms with Crippen molar-refractivity contribution in [2.24, 2.45) is 0 Å². The molecule has 3 aromatic heterocycles. The second-order valence-electron chi connectivity index (χ2n) is 9.09. The molecule has 0 aliphatic carbocycles. The Morgan fingerprint density at radius 1 is 0.963 bits per heavy atom. The fraction of sp³-hybridized carbons (Fsp3) is 0.409. The van der Waals surface area contributed by atoms with Gasteiger partial charge in [-0.05, 0) is 30.0 Å². The first kappa shape index (κ1) is 17.7. The van der Waals surface area contributed by atoms with Crippen LogP contribution in [0.4, 0.5) is 0 Å². The molecule has 5 nitrogen and oxygen atoms in total. The van der Waals surface area contributed by atoms with Gasteiger partial charge in [0.05, 0.1) is 17.8 Å². The standard InChI is InChI=1S/C22H27N5/c1-15-13-26-12-8-10-17(20(26)23-15)22(5,6)14-27-18-11-7-9-16(21(2,3)4)19(18)24-25-27/h7-13H,14H2,1-6H3. The molecule has 0 aliphatic heterocycles. The summed E-state index contributed by atoms with van der Waals surface area (Å²) in [5.41, 5.74) is 6.47. The van der Waals surface area contributed by atoms with Crippen molar-refractivity contribution in [1.29, 1.82) is 0 Å². The molecule has 4 aromatic rings. The van der Waals surface area contributed by atoms with Crippen LogP contribution in [-0.4, -0.2) is 24.4 Å². The number of nitrogens with zero attached hydrogens (tertiary/aromatic N) is 5. The van der Waals surface area contributed by atoms with E-state index < -0.39 is 0 Å². The molecule has 0 N–H and O–H groups in total. The molecule has 0 unspecified atom stereocenters. The first-order chi connectivity index (χ1) is 12.7. The topological polar surface area (TPSA) is 48.0 Å². The summed E-state index contributed by atoms with van der Waals surface area (Å²) in [6.45, 7) is 13.9. The number of hydrogen-bond donors (Lipinski definition) is 0.